The molecule has 1 atom stereocenters. The van der Waals surface area contributed by atoms with E-state index in [1.54, 1.807) is 6.07 Å². The lowest BCUT2D eigenvalue weighted by atomic mass is 10.0. The molecule has 2 aromatic carbocycles. The lowest BCUT2D eigenvalue weighted by Gasteiger charge is -2.11. The number of aliphatic hydroxyl groups is 1. The van der Waals surface area contributed by atoms with Crippen LogP contribution in [0.1, 0.15) is 15.9 Å². The fourth-order valence-electron chi connectivity index (χ4n) is 2.71. The van der Waals surface area contributed by atoms with E-state index in [0.717, 1.165) is 16.8 Å². The highest BCUT2D eigenvalue weighted by Crippen LogP contribution is 2.26. The molecule has 1 heterocycles. The molecule has 1 aromatic heterocycles. The van der Waals surface area contributed by atoms with Gasteiger partial charge in [-0.1, -0.05) is 23.8 Å². The lowest BCUT2D eigenvalue weighted by Crippen LogP contribution is -2.20. The molecule has 0 saturated carbocycles. The molecule has 3 N–H and O–H groups in total. The Bertz CT molecular complexity index is 942. The van der Waals surface area contributed by atoms with Crippen molar-refractivity contribution in [3.63, 3.8) is 0 Å². The maximum Gasteiger partial charge on any atom is 0.336 e. The number of aromatic carboxylic acids is 1. The number of carboxylic acids is 1. The van der Waals surface area contributed by atoms with Crippen LogP contribution in [0.3, 0.4) is 0 Å². The van der Waals surface area contributed by atoms with Gasteiger partial charge in [-0.15, -0.1) is 11.6 Å². The van der Waals surface area contributed by atoms with Gasteiger partial charge in [-0.2, -0.15) is 0 Å². The number of aromatic nitrogens is 1. The van der Waals surface area contributed by atoms with Crippen molar-refractivity contribution in [2.45, 2.75) is 13.0 Å². The average molecular weight is 371 g/mol. The number of aryl methyl sites for hydroxylation is 1. The van der Waals surface area contributed by atoms with E-state index >= 15 is 0 Å². The van der Waals surface area contributed by atoms with Crippen LogP contribution >= 0.6 is 11.6 Å². The Labute approximate surface area is 156 Å². The summed E-state index contributed by atoms with van der Waals surface area (Å²) in [6, 6.07) is 14.6. The second-order valence-electron chi connectivity index (χ2n) is 6.15. The molecule has 3 aromatic rings. The predicted molar refractivity (Wildman–Crippen MR) is 104 cm³/mol. The van der Waals surface area contributed by atoms with E-state index in [4.69, 9.17) is 11.6 Å². The minimum Gasteiger partial charge on any atom is -0.478 e. The summed E-state index contributed by atoms with van der Waals surface area (Å²) < 4.78 is 0. The highest BCUT2D eigenvalue weighted by Gasteiger charge is 2.13. The van der Waals surface area contributed by atoms with E-state index in [1.165, 1.54) is 0 Å². The molecule has 3 rings (SSSR count). The Morgan fingerprint density at radius 3 is 2.58 bits per heavy atom. The third kappa shape index (κ3) is 3.95. The highest BCUT2D eigenvalue weighted by atomic mass is 35.5. The van der Waals surface area contributed by atoms with Crippen LogP contribution in [0.2, 0.25) is 0 Å². The van der Waals surface area contributed by atoms with Crippen LogP contribution in [-0.4, -0.2) is 39.7 Å². The number of benzene rings is 2. The largest absolute Gasteiger partial charge is 0.478 e. The summed E-state index contributed by atoms with van der Waals surface area (Å²) in [5.74, 6) is -0.804. The first-order valence-electron chi connectivity index (χ1n) is 8.21. The third-order valence-electron chi connectivity index (χ3n) is 4.10. The molecule has 0 amide bonds. The summed E-state index contributed by atoms with van der Waals surface area (Å²) in [6.07, 6.45) is -0.611. The molecule has 26 heavy (non-hydrogen) atoms. The van der Waals surface area contributed by atoms with E-state index in [9.17, 15) is 15.0 Å². The third-order valence-corrected chi connectivity index (χ3v) is 4.45. The number of pyridine rings is 1. The lowest BCUT2D eigenvalue weighted by molar-refractivity contribution is 0.0699. The van der Waals surface area contributed by atoms with E-state index in [-0.39, 0.29) is 11.4 Å². The van der Waals surface area contributed by atoms with Crippen LogP contribution in [0.15, 0.2) is 48.5 Å². The van der Waals surface area contributed by atoms with Gasteiger partial charge in [0.25, 0.3) is 0 Å². The van der Waals surface area contributed by atoms with E-state index < -0.39 is 12.1 Å². The van der Waals surface area contributed by atoms with Gasteiger partial charge in [-0.25, -0.2) is 9.78 Å². The Kier molecular flexibility index (Phi) is 5.40. The molecule has 6 heteroatoms. The molecular weight excluding hydrogens is 352 g/mol. The summed E-state index contributed by atoms with van der Waals surface area (Å²) in [7, 11) is 0. The first-order valence-corrected chi connectivity index (χ1v) is 8.74. The molecule has 5 nitrogen and oxygen atoms in total. The Balaban J connectivity index is 1.95. The summed E-state index contributed by atoms with van der Waals surface area (Å²) >= 11 is 5.58. The second kappa shape index (κ2) is 7.72. The first-order chi connectivity index (χ1) is 12.5. The number of nitrogens with zero attached hydrogens (tertiary/aromatic N) is 1. The number of carboxylic acid groups (broad SMARTS) is 1. The van der Waals surface area contributed by atoms with Crippen molar-refractivity contribution in [2.24, 2.45) is 0 Å². The van der Waals surface area contributed by atoms with Crippen molar-refractivity contribution >= 4 is 34.2 Å². The van der Waals surface area contributed by atoms with Gasteiger partial charge in [0, 0.05) is 23.2 Å². The van der Waals surface area contributed by atoms with Crippen molar-refractivity contribution in [3.05, 3.63) is 59.7 Å². The summed E-state index contributed by atoms with van der Waals surface area (Å²) in [5, 5.41) is 22.8. The fourth-order valence-corrected chi connectivity index (χ4v) is 2.82. The zero-order chi connectivity index (χ0) is 18.7. The van der Waals surface area contributed by atoms with Gasteiger partial charge in [0.2, 0.25) is 0 Å². The number of hydrogen-bond acceptors (Lipinski definition) is 4. The molecule has 0 aliphatic rings. The molecule has 134 valence electrons. The number of aliphatic hydroxyl groups excluding tert-OH is 1. The zero-order valence-electron chi connectivity index (χ0n) is 14.2. The number of rotatable bonds is 6. The van der Waals surface area contributed by atoms with Crippen molar-refractivity contribution in [1.29, 1.82) is 0 Å². The molecule has 0 saturated heterocycles. The van der Waals surface area contributed by atoms with Gasteiger partial charge in [-0.05, 0) is 37.3 Å². The molecule has 0 radical (unpaired) electrons. The number of fused-ring (bicyclic) bond motifs is 1. The fraction of sp³-hybridized carbons (Fsp3) is 0.200. The van der Waals surface area contributed by atoms with Crippen molar-refractivity contribution in [3.8, 4) is 11.3 Å². The van der Waals surface area contributed by atoms with Crippen LogP contribution in [0.5, 0.6) is 0 Å². The first kappa shape index (κ1) is 18.2. The zero-order valence-corrected chi connectivity index (χ0v) is 15.0. The second-order valence-corrected chi connectivity index (χ2v) is 6.46. The van der Waals surface area contributed by atoms with Gasteiger partial charge >= 0.3 is 5.97 Å². The van der Waals surface area contributed by atoms with E-state index in [2.05, 4.69) is 10.3 Å². The van der Waals surface area contributed by atoms with Gasteiger partial charge in [0.15, 0.2) is 0 Å². The SMILES string of the molecule is Cc1ccc2nc(-c3ccc(NCC(O)CCl)cc3)cc(C(=O)O)c2c1. The molecule has 0 aliphatic carbocycles. The van der Waals surface area contributed by atoms with Crippen LogP contribution < -0.4 is 5.32 Å². The number of alkyl halides is 1. The monoisotopic (exact) mass is 370 g/mol. The molecule has 0 bridgehead atoms. The summed E-state index contributed by atoms with van der Waals surface area (Å²) in [5.41, 5.74) is 4.14. The molecule has 0 fully saturated rings. The summed E-state index contributed by atoms with van der Waals surface area (Å²) in [4.78, 5) is 16.3. The predicted octanol–water partition coefficient (Wildman–Crippen LogP) is 3.92. The van der Waals surface area contributed by atoms with E-state index in [1.807, 2.05) is 49.4 Å². The van der Waals surface area contributed by atoms with Gasteiger partial charge < -0.3 is 15.5 Å². The smallest absolute Gasteiger partial charge is 0.336 e. The van der Waals surface area contributed by atoms with Crippen LogP contribution in [0.4, 0.5) is 5.69 Å². The standard InChI is InChI=1S/C20H19ClN2O3/c1-12-2-7-18-16(8-12)17(20(25)26)9-19(23-18)13-3-5-14(6-4-13)22-11-15(24)10-21/h2-9,15,22,24H,10-11H2,1H3,(H,25,26). The number of anilines is 1. The quantitative estimate of drug-likeness (QED) is 0.573. The Hall–Kier alpha value is -2.63. The normalized spacial score (nSPS) is 12.1. The number of nitrogens with one attached hydrogen (secondary N) is 1. The molecular formula is C20H19ClN2O3. The average Bonchev–Trinajstić information content (AvgIpc) is 2.65. The molecule has 1 unspecified atom stereocenters. The van der Waals surface area contributed by atoms with Gasteiger partial charge in [0.1, 0.15) is 0 Å². The Morgan fingerprint density at radius 2 is 1.92 bits per heavy atom. The van der Waals surface area contributed by atoms with Crippen LogP contribution in [0, 0.1) is 6.92 Å². The Morgan fingerprint density at radius 1 is 1.19 bits per heavy atom. The maximum absolute atomic E-state index is 11.7. The van der Waals surface area contributed by atoms with Gasteiger partial charge in [0.05, 0.1) is 28.8 Å². The number of carbonyl (C=O) groups is 1. The number of halogens is 1. The number of hydrogen-bond donors (Lipinski definition) is 3. The van der Waals surface area contributed by atoms with Crippen LogP contribution in [0.25, 0.3) is 22.2 Å². The molecule has 0 aliphatic heterocycles. The minimum atomic E-state index is -0.974. The van der Waals surface area contributed by atoms with Crippen LogP contribution in [-0.2, 0) is 0 Å². The van der Waals surface area contributed by atoms with Gasteiger partial charge in [-0.3, -0.25) is 0 Å². The molecule has 0 spiro atoms. The van der Waals surface area contributed by atoms with Crippen molar-refractivity contribution < 1.29 is 15.0 Å². The topological polar surface area (TPSA) is 82.5 Å². The van der Waals surface area contributed by atoms with Crippen molar-refractivity contribution in [1.82, 2.24) is 4.98 Å². The minimum absolute atomic E-state index is 0.170. The maximum atomic E-state index is 11.7. The summed E-state index contributed by atoms with van der Waals surface area (Å²) in [6.45, 7) is 2.28. The van der Waals surface area contributed by atoms with E-state index in [0.29, 0.717) is 23.1 Å². The van der Waals surface area contributed by atoms with Crippen molar-refractivity contribution in [2.75, 3.05) is 17.7 Å². The highest BCUT2D eigenvalue weighted by molar-refractivity contribution is 6.18.